The average molecular weight is 274 g/mol. The van der Waals surface area contributed by atoms with Gasteiger partial charge in [0, 0.05) is 17.4 Å². The molecule has 0 atom stereocenters. The second-order valence-electron chi connectivity index (χ2n) is 4.05. The van der Waals surface area contributed by atoms with Gasteiger partial charge in [0.25, 0.3) is 0 Å². The van der Waals surface area contributed by atoms with Crippen molar-refractivity contribution in [3.05, 3.63) is 54.3 Å². The summed E-state index contributed by atoms with van der Waals surface area (Å²) >= 11 is 0. The van der Waals surface area contributed by atoms with Crippen LogP contribution >= 0.6 is 0 Å². The Morgan fingerprint density at radius 3 is 2.50 bits per heavy atom. The molecule has 2 aromatic rings. The van der Waals surface area contributed by atoms with E-state index in [1.54, 1.807) is 18.2 Å². The first kappa shape index (κ1) is 13.9. The van der Waals surface area contributed by atoms with E-state index in [0.29, 0.717) is 23.7 Å². The van der Waals surface area contributed by atoms with E-state index in [2.05, 4.69) is 10.6 Å². The molecule has 2 N–H and O–H groups in total. The van der Waals surface area contributed by atoms with Crippen molar-refractivity contribution < 1.29 is 13.9 Å². The first-order valence-corrected chi connectivity index (χ1v) is 6.24. The zero-order valence-corrected chi connectivity index (χ0v) is 11.0. The molecule has 0 aliphatic carbocycles. The monoisotopic (exact) mass is 274 g/mol. The SMILES string of the molecule is CCOc1cccc(NC(=O)Nc2ccc(F)cc2)c1. The Balaban J connectivity index is 1.97. The quantitative estimate of drug-likeness (QED) is 0.889. The summed E-state index contributed by atoms with van der Waals surface area (Å²) in [5.74, 6) is 0.340. The number of carbonyl (C=O) groups is 1. The van der Waals surface area contributed by atoms with Crippen molar-refractivity contribution in [3.63, 3.8) is 0 Å². The molecule has 2 rings (SSSR count). The topological polar surface area (TPSA) is 50.4 Å². The van der Waals surface area contributed by atoms with Crippen LogP contribution in [0.3, 0.4) is 0 Å². The fourth-order valence-corrected chi connectivity index (χ4v) is 1.66. The molecule has 20 heavy (non-hydrogen) atoms. The van der Waals surface area contributed by atoms with Gasteiger partial charge in [0.2, 0.25) is 0 Å². The van der Waals surface area contributed by atoms with E-state index in [9.17, 15) is 9.18 Å². The van der Waals surface area contributed by atoms with E-state index in [4.69, 9.17) is 4.74 Å². The molecule has 5 heteroatoms. The molecule has 0 bridgehead atoms. The Bertz CT molecular complexity index is 585. The van der Waals surface area contributed by atoms with Crippen LogP contribution in [0.25, 0.3) is 0 Å². The standard InChI is InChI=1S/C15H15FN2O2/c1-2-20-14-5-3-4-13(10-14)18-15(19)17-12-8-6-11(16)7-9-12/h3-10H,2H2,1H3,(H2,17,18,19). The highest BCUT2D eigenvalue weighted by atomic mass is 19.1. The largest absolute Gasteiger partial charge is 0.494 e. The van der Waals surface area contributed by atoms with Crippen LogP contribution in [0.15, 0.2) is 48.5 Å². The van der Waals surface area contributed by atoms with E-state index >= 15 is 0 Å². The van der Waals surface area contributed by atoms with Crippen molar-refractivity contribution in [1.29, 1.82) is 0 Å². The second-order valence-corrected chi connectivity index (χ2v) is 4.05. The van der Waals surface area contributed by atoms with Crippen LogP contribution < -0.4 is 15.4 Å². The Hall–Kier alpha value is -2.56. The summed E-state index contributed by atoms with van der Waals surface area (Å²) in [5, 5.41) is 5.29. The van der Waals surface area contributed by atoms with Gasteiger partial charge in [-0.2, -0.15) is 0 Å². The van der Waals surface area contributed by atoms with Crippen LogP contribution in [0, 0.1) is 5.82 Å². The molecule has 0 heterocycles. The van der Waals surface area contributed by atoms with Crippen molar-refractivity contribution in [2.45, 2.75) is 6.92 Å². The molecule has 0 unspecified atom stereocenters. The van der Waals surface area contributed by atoms with Gasteiger partial charge in [-0.1, -0.05) is 6.07 Å². The summed E-state index contributed by atoms with van der Waals surface area (Å²) in [6, 6.07) is 12.2. The summed E-state index contributed by atoms with van der Waals surface area (Å²) in [6.45, 7) is 2.45. The van der Waals surface area contributed by atoms with Crippen LogP contribution in [-0.2, 0) is 0 Å². The molecular weight excluding hydrogens is 259 g/mol. The maximum atomic E-state index is 12.7. The van der Waals surface area contributed by atoms with Crippen molar-refractivity contribution in [3.8, 4) is 5.75 Å². The molecule has 0 aromatic heterocycles. The molecule has 2 amide bonds. The van der Waals surface area contributed by atoms with E-state index < -0.39 is 6.03 Å². The minimum atomic E-state index is -0.398. The number of ether oxygens (including phenoxy) is 1. The van der Waals surface area contributed by atoms with Crippen LogP contribution in [0.5, 0.6) is 5.75 Å². The molecule has 0 fully saturated rings. The summed E-state index contributed by atoms with van der Waals surface area (Å²) in [6.07, 6.45) is 0. The van der Waals surface area contributed by atoms with Gasteiger partial charge in [-0.3, -0.25) is 0 Å². The molecule has 0 aliphatic rings. The highest BCUT2D eigenvalue weighted by Gasteiger charge is 2.03. The van der Waals surface area contributed by atoms with Crippen molar-refractivity contribution in [1.82, 2.24) is 0 Å². The molecule has 104 valence electrons. The lowest BCUT2D eigenvalue weighted by atomic mass is 10.3. The summed E-state index contributed by atoms with van der Waals surface area (Å²) in [4.78, 5) is 11.8. The Kier molecular flexibility index (Phi) is 4.55. The van der Waals surface area contributed by atoms with Gasteiger partial charge in [0.1, 0.15) is 11.6 Å². The first-order valence-electron chi connectivity index (χ1n) is 6.24. The second kappa shape index (κ2) is 6.56. The van der Waals surface area contributed by atoms with Crippen LogP contribution in [0.2, 0.25) is 0 Å². The maximum Gasteiger partial charge on any atom is 0.323 e. The van der Waals surface area contributed by atoms with Gasteiger partial charge in [-0.25, -0.2) is 9.18 Å². The number of carbonyl (C=O) groups excluding carboxylic acids is 1. The smallest absolute Gasteiger partial charge is 0.323 e. The zero-order chi connectivity index (χ0) is 14.4. The third-order valence-electron chi connectivity index (χ3n) is 2.50. The third-order valence-corrected chi connectivity index (χ3v) is 2.50. The molecule has 0 aliphatic heterocycles. The maximum absolute atomic E-state index is 12.7. The molecule has 2 aromatic carbocycles. The lowest BCUT2D eigenvalue weighted by Crippen LogP contribution is -2.19. The Morgan fingerprint density at radius 1 is 1.10 bits per heavy atom. The third kappa shape index (κ3) is 3.98. The predicted octanol–water partition coefficient (Wildman–Crippen LogP) is 3.87. The zero-order valence-electron chi connectivity index (χ0n) is 11.0. The molecule has 0 saturated carbocycles. The van der Waals surface area contributed by atoms with Gasteiger partial charge in [0.05, 0.1) is 6.61 Å². The number of urea groups is 1. The molecular formula is C15H15FN2O2. The minimum Gasteiger partial charge on any atom is -0.494 e. The number of hydrogen-bond acceptors (Lipinski definition) is 2. The van der Waals surface area contributed by atoms with Crippen molar-refractivity contribution >= 4 is 17.4 Å². The summed E-state index contributed by atoms with van der Waals surface area (Å²) in [5.41, 5.74) is 1.14. The average Bonchev–Trinajstić information content (AvgIpc) is 2.42. The number of rotatable bonds is 4. The number of hydrogen-bond donors (Lipinski definition) is 2. The fraction of sp³-hybridized carbons (Fsp3) is 0.133. The van der Waals surface area contributed by atoms with E-state index in [1.165, 1.54) is 24.3 Å². The lowest BCUT2D eigenvalue weighted by molar-refractivity contribution is 0.262. The minimum absolute atomic E-state index is 0.347. The first-order chi connectivity index (χ1) is 9.67. The van der Waals surface area contributed by atoms with Crippen LogP contribution in [-0.4, -0.2) is 12.6 Å². The van der Waals surface area contributed by atoms with Gasteiger partial charge >= 0.3 is 6.03 Å². The number of amides is 2. The van der Waals surface area contributed by atoms with Gasteiger partial charge in [-0.05, 0) is 43.3 Å². The van der Waals surface area contributed by atoms with Gasteiger partial charge in [0.15, 0.2) is 0 Å². The van der Waals surface area contributed by atoms with E-state index in [1.807, 2.05) is 13.0 Å². The molecule has 4 nitrogen and oxygen atoms in total. The van der Waals surface area contributed by atoms with E-state index in [0.717, 1.165) is 0 Å². The lowest BCUT2D eigenvalue weighted by Gasteiger charge is -2.09. The Morgan fingerprint density at radius 2 is 1.80 bits per heavy atom. The van der Waals surface area contributed by atoms with E-state index in [-0.39, 0.29) is 5.82 Å². The fourth-order valence-electron chi connectivity index (χ4n) is 1.66. The molecule has 0 radical (unpaired) electrons. The number of anilines is 2. The number of benzene rings is 2. The van der Waals surface area contributed by atoms with Crippen molar-refractivity contribution in [2.75, 3.05) is 17.2 Å². The highest BCUT2D eigenvalue weighted by Crippen LogP contribution is 2.17. The summed E-state index contributed by atoms with van der Waals surface area (Å²) < 4.78 is 18.1. The number of halogens is 1. The van der Waals surface area contributed by atoms with Crippen molar-refractivity contribution in [2.24, 2.45) is 0 Å². The van der Waals surface area contributed by atoms with Crippen LogP contribution in [0.1, 0.15) is 6.92 Å². The number of nitrogens with one attached hydrogen (secondary N) is 2. The van der Waals surface area contributed by atoms with Gasteiger partial charge in [-0.15, -0.1) is 0 Å². The summed E-state index contributed by atoms with van der Waals surface area (Å²) in [7, 11) is 0. The van der Waals surface area contributed by atoms with Crippen LogP contribution in [0.4, 0.5) is 20.6 Å². The van der Waals surface area contributed by atoms with Gasteiger partial charge < -0.3 is 15.4 Å². The predicted molar refractivity (Wildman–Crippen MR) is 76.7 cm³/mol. The normalized spacial score (nSPS) is 9.90. The molecule has 0 spiro atoms. The highest BCUT2D eigenvalue weighted by molar-refractivity contribution is 5.99. The Labute approximate surface area is 116 Å². The molecule has 0 saturated heterocycles.